The van der Waals surface area contributed by atoms with Crippen LogP contribution in [0.5, 0.6) is 0 Å². The first-order chi connectivity index (χ1) is 10.0. The largest absolute Gasteiger partial charge is 0.418 e. The molecule has 0 amide bonds. The Labute approximate surface area is 122 Å². The molecule has 1 heterocycles. The van der Waals surface area contributed by atoms with Crippen LogP contribution in [0.15, 0.2) is 18.2 Å². The van der Waals surface area contributed by atoms with E-state index >= 15 is 0 Å². The van der Waals surface area contributed by atoms with Crippen molar-refractivity contribution in [1.29, 1.82) is 0 Å². The molecule has 0 bridgehead atoms. The van der Waals surface area contributed by atoms with E-state index in [1.165, 1.54) is 6.07 Å². The Kier molecular flexibility index (Phi) is 3.97. The predicted octanol–water partition coefficient (Wildman–Crippen LogP) is 2.94. The van der Waals surface area contributed by atoms with Gasteiger partial charge in [-0.3, -0.25) is 0 Å². The number of hydrogen-bond acceptors (Lipinski definition) is 3. The molecule has 1 aliphatic heterocycles. The maximum atomic E-state index is 13.1. The quantitative estimate of drug-likeness (QED) is 0.895. The summed E-state index contributed by atoms with van der Waals surface area (Å²) >= 11 is 0. The monoisotopic (exact) mass is 299 g/mol. The Morgan fingerprint density at radius 1 is 1.19 bits per heavy atom. The van der Waals surface area contributed by atoms with Crippen LogP contribution in [0.25, 0.3) is 0 Å². The van der Waals surface area contributed by atoms with Crippen LogP contribution in [0, 0.1) is 5.92 Å². The third-order valence-electron chi connectivity index (χ3n) is 4.07. The number of halogens is 3. The van der Waals surface area contributed by atoms with Crippen molar-refractivity contribution in [3.8, 4) is 0 Å². The van der Waals surface area contributed by atoms with Gasteiger partial charge in [0.15, 0.2) is 0 Å². The molecule has 21 heavy (non-hydrogen) atoms. The molecule has 0 spiro atoms. The number of rotatable bonds is 4. The smallest absolute Gasteiger partial charge is 0.384 e. The van der Waals surface area contributed by atoms with E-state index in [-0.39, 0.29) is 5.69 Å². The van der Waals surface area contributed by atoms with Crippen molar-refractivity contribution >= 4 is 11.4 Å². The van der Waals surface area contributed by atoms with Gasteiger partial charge >= 0.3 is 6.18 Å². The summed E-state index contributed by atoms with van der Waals surface area (Å²) in [5.74, 6) is 0.536. The first-order valence-corrected chi connectivity index (χ1v) is 7.45. The molecule has 3 rings (SSSR count). The summed E-state index contributed by atoms with van der Waals surface area (Å²) in [6, 6.07) is 4.43. The molecule has 0 radical (unpaired) electrons. The number of benzene rings is 1. The molecule has 3 nitrogen and oxygen atoms in total. The number of nitrogens with one attached hydrogen (secondary N) is 2. The van der Waals surface area contributed by atoms with Crippen molar-refractivity contribution in [3.63, 3.8) is 0 Å². The molecule has 1 aliphatic carbocycles. The average Bonchev–Trinajstić information content (AvgIpc) is 3.29. The van der Waals surface area contributed by atoms with Crippen LogP contribution in [-0.4, -0.2) is 32.7 Å². The van der Waals surface area contributed by atoms with E-state index in [1.54, 1.807) is 12.1 Å². The standard InChI is InChI=1S/C15H20F3N3/c16-15(17,18)13-4-3-12(21-7-5-19-6-8-21)9-14(13)20-10-11-1-2-11/h3-4,9,11,19-20H,1-2,5-8,10H2. The fourth-order valence-corrected chi connectivity index (χ4v) is 2.62. The van der Waals surface area contributed by atoms with Gasteiger partial charge in [0.2, 0.25) is 0 Å². The fraction of sp³-hybridized carbons (Fsp3) is 0.600. The highest BCUT2D eigenvalue weighted by Gasteiger charge is 2.34. The van der Waals surface area contributed by atoms with Crippen LogP contribution < -0.4 is 15.5 Å². The molecule has 1 saturated carbocycles. The number of hydrogen-bond donors (Lipinski definition) is 2. The Balaban J connectivity index is 1.83. The third-order valence-corrected chi connectivity index (χ3v) is 4.07. The zero-order chi connectivity index (χ0) is 14.9. The van der Waals surface area contributed by atoms with Crippen LogP contribution in [0.2, 0.25) is 0 Å². The van der Waals surface area contributed by atoms with E-state index in [2.05, 4.69) is 15.5 Å². The summed E-state index contributed by atoms with van der Waals surface area (Å²) < 4.78 is 39.3. The van der Waals surface area contributed by atoms with Crippen molar-refractivity contribution < 1.29 is 13.2 Å². The highest BCUT2D eigenvalue weighted by Crippen LogP contribution is 2.38. The molecule has 0 unspecified atom stereocenters. The first-order valence-electron chi connectivity index (χ1n) is 7.45. The van der Waals surface area contributed by atoms with E-state index in [1.807, 2.05) is 0 Å². The van der Waals surface area contributed by atoms with E-state index < -0.39 is 11.7 Å². The summed E-state index contributed by atoms with van der Waals surface area (Å²) in [5, 5.41) is 6.24. The lowest BCUT2D eigenvalue weighted by molar-refractivity contribution is -0.136. The molecule has 2 aliphatic rings. The lowest BCUT2D eigenvalue weighted by Gasteiger charge is -2.30. The van der Waals surface area contributed by atoms with Crippen molar-refractivity contribution in [2.24, 2.45) is 5.92 Å². The molecular formula is C15H20F3N3. The van der Waals surface area contributed by atoms with Gasteiger partial charge in [-0.05, 0) is 37.0 Å². The molecule has 0 atom stereocenters. The van der Waals surface area contributed by atoms with Gasteiger partial charge in [-0.15, -0.1) is 0 Å². The summed E-state index contributed by atoms with van der Waals surface area (Å²) in [6.07, 6.45) is -2.08. The van der Waals surface area contributed by atoms with Crippen molar-refractivity contribution in [1.82, 2.24) is 5.32 Å². The van der Waals surface area contributed by atoms with Crippen LogP contribution >= 0.6 is 0 Å². The molecule has 1 saturated heterocycles. The number of piperazine rings is 1. The van der Waals surface area contributed by atoms with Gasteiger partial charge in [0.05, 0.1) is 5.56 Å². The van der Waals surface area contributed by atoms with Gasteiger partial charge in [0.1, 0.15) is 0 Å². The van der Waals surface area contributed by atoms with E-state index in [4.69, 9.17) is 0 Å². The molecular weight excluding hydrogens is 279 g/mol. The average molecular weight is 299 g/mol. The lowest BCUT2D eigenvalue weighted by Crippen LogP contribution is -2.43. The summed E-state index contributed by atoms with van der Waals surface area (Å²) in [5.41, 5.74) is 0.510. The normalized spacial score (nSPS) is 19.7. The fourth-order valence-electron chi connectivity index (χ4n) is 2.62. The third kappa shape index (κ3) is 3.61. The Morgan fingerprint density at radius 2 is 1.90 bits per heavy atom. The highest BCUT2D eigenvalue weighted by atomic mass is 19.4. The Morgan fingerprint density at radius 3 is 2.52 bits per heavy atom. The topological polar surface area (TPSA) is 27.3 Å². The Hall–Kier alpha value is -1.43. The molecule has 2 fully saturated rings. The molecule has 2 N–H and O–H groups in total. The van der Waals surface area contributed by atoms with Gasteiger partial charge in [-0.25, -0.2) is 0 Å². The second-order valence-electron chi connectivity index (χ2n) is 5.79. The minimum atomic E-state index is -4.31. The van der Waals surface area contributed by atoms with Crippen LogP contribution in [0.4, 0.5) is 24.5 Å². The van der Waals surface area contributed by atoms with Gasteiger partial charge in [0.25, 0.3) is 0 Å². The second-order valence-corrected chi connectivity index (χ2v) is 5.79. The molecule has 0 aromatic heterocycles. The van der Waals surface area contributed by atoms with Gasteiger partial charge in [-0.2, -0.15) is 13.2 Å². The lowest BCUT2D eigenvalue weighted by atomic mass is 10.1. The van der Waals surface area contributed by atoms with E-state index in [0.29, 0.717) is 12.5 Å². The van der Waals surface area contributed by atoms with Crippen LogP contribution in [-0.2, 0) is 6.18 Å². The van der Waals surface area contributed by atoms with Crippen molar-refractivity contribution in [2.45, 2.75) is 19.0 Å². The molecule has 1 aromatic carbocycles. The maximum absolute atomic E-state index is 13.1. The van der Waals surface area contributed by atoms with E-state index in [0.717, 1.165) is 44.7 Å². The number of nitrogens with zero attached hydrogens (tertiary/aromatic N) is 1. The summed E-state index contributed by atoms with van der Waals surface area (Å²) in [4.78, 5) is 2.12. The zero-order valence-corrected chi connectivity index (χ0v) is 11.8. The van der Waals surface area contributed by atoms with Crippen LogP contribution in [0.3, 0.4) is 0 Å². The van der Waals surface area contributed by atoms with Crippen LogP contribution in [0.1, 0.15) is 18.4 Å². The van der Waals surface area contributed by atoms with E-state index in [9.17, 15) is 13.2 Å². The summed E-state index contributed by atoms with van der Waals surface area (Å²) in [7, 11) is 0. The second kappa shape index (κ2) is 5.75. The first kappa shape index (κ1) is 14.5. The van der Waals surface area contributed by atoms with Crippen molar-refractivity contribution in [2.75, 3.05) is 42.9 Å². The molecule has 1 aromatic rings. The Bertz CT molecular complexity index is 491. The number of alkyl halides is 3. The minimum absolute atomic E-state index is 0.213. The highest BCUT2D eigenvalue weighted by molar-refractivity contribution is 5.63. The molecule has 116 valence electrons. The summed E-state index contributed by atoms with van der Waals surface area (Å²) in [6.45, 7) is 4.02. The van der Waals surface area contributed by atoms with Gasteiger partial charge < -0.3 is 15.5 Å². The van der Waals surface area contributed by atoms with Crippen molar-refractivity contribution in [3.05, 3.63) is 23.8 Å². The molecule has 6 heteroatoms. The zero-order valence-electron chi connectivity index (χ0n) is 11.8. The van der Waals surface area contributed by atoms with Gasteiger partial charge in [-0.1, -0.05) is 0 Å². The number of anilines is 2. The predicted molar refractivity (Wildman–Crippen MR) is 77.7 cm³/mol. The maximum Gasteiger partial charge on any atom is 0.418 e. The van der Waals surface area contributed by atoms with Gasteiger partial charge in [0, 0.05) is 44.1 Å². The minimum Gasteiger partial charge on any atom is -0.384 e. The SMILES string of the molecule is FC(F)(F)c1ccc(N2CCNCC2)cc1NCC1CC1.